The van der Waals surface area contributed by atoms with Crippen molar-refractivity contribution in [3.8, 4) is 0 Å². The van der Waals surface area contributed by atoms with Crippen LogP contribution in [0.2, 0.25) is 0 Å². The summed E-state index contributed by atoms with van der Waals surface area (Å²) < 4.78 is 0.817. The summed E-state index contributed by atoms with van der Waals surface area (Å²) in [5.74, 6) is -0.211. The summed E-state index contributed by atoms with van der Waals surface area (Å²) in [6.07, 6.45) is 1.70. The number of carbonyl (C=O) groups excluding carboxylic acids is 1. The third kappa shape index (κ3) is 3.32. The van der Waals surface area contributed by atoms with Crippen molar-refractivity contribution >= 4 is 27.5 Å². The van der Waals surface area contributed by atoms with Crippen LogP contribution in [0.25, 0.3) is 0 Å². The molecule has 0 aliphatic heterocycles. The number of hydrogen-bond acceptors (Lipinski definition) is 3. The molecule has 0 aliphatic carbocycles. The topological polar surface area (TPSA) is 68.0 Å². The van der Waals surface area contributed by atoms with Crippen LogP contribution in [0.1, 0.15) is 29.0 Å². The number of nitrogens with one attached hydrogen (secondary N) is 1. The van der Waals surface area contributed by atoms with Gasteiger partial charge in [0.25, 0.3) is 5.91 Å². The van der Waals surface area contributed by atoms with E-state index in [0.29, 0.717) is 11.3 Å². The van der Waals surface area contributed by atoms with Crippen molar-refractivity contribution in [2.75, 3.05) is 5.73 Å². The van der Waals surface area contributed by atoms with Crippen LogP contribution in [0.3, 0.4) is 0 Å². The van der Waals surface area contributed by atoms with E-state index in [1.54, 1.807) is 24.4 Å². The van der Waals surface area contributed by atoms with Gasteiger partial charge in [-0.1, -0.05) is 22.0 Å². The molecule has 0 aliphatic rings. The summed E-state index contributed by atoms with van der Waals surface area (Å²) in [5.41, 5.74) is 7.53. The summed E-state index contributed by atoms with van der Waals surface area (Å²) >= 11 is 3.33. The standard InChI is InChI=1S/C14H14BrN3O/c1-9(13-4-2-3-7-17-13)18-14(19)11-8-10(15)5-6-12(11)16/h2-9H,16H2,1H3,(H,18,19)/t9-/m1/s1. The monoisotopic (exact) mass is 319 g/mol. The second-order valence-corrected chi connectivity index (χ2v) is 5.10. The molecule has 0 bridgehead atoms. The van der Waals surface area contributed by atoms with E-state index in [9.17, 15) is 4.79 Å². The van der Waals surface area contributed by atoms with E-state index < -0.39 is 0 Å². The molecule has 5 heteroatoms. The zero-order valence-electron chi connectivity index (χ0n) is 10.4. The predicted molar refractivity (Wildman–Crippen MR) is 78.7 cm³/mol. The Morgan fingerprint density at radius 1 is 1.37 bits per heavy atom. The van der Waals surface area contributed by atoms with Gasteiger partial charge in [0.05, 0.1) is 17.3 Å². The molecule has 1 atom stereocenters. The predicted octanol–water partition coefficient (Wildman–Crippen LogP) is 2.92. The molecule has 1 aromatic carbocycles. The second-order valence-electron chi connectivity index (χ2n) is 4.18. The van der Waals surface area contributed by atoms with Gasteiger partial charge in [-0.3, -0.25) is 9.78 Å². The van der Waals surface area contributed by atoms with Crippen molar-refractivity contribution in [1.82, 2.24) is 10.3 Å². The van der Waals surface area contributed by atoms with Crippen molar-refractivity contribution in [3.63, 3.8) is 0 Å². The minimum absolute atomic E-state index is 0.174. The molecule has 0 saturated heterocycles. The molecule has 2 rings (SSSR count). The number of carbonyl (C=O) groups is 1. The van der Waals surface area contributed by atoms with Crippen LogP contribution in [0.15, 0.2) is 47.1 Å². The molecule has 1 heterocycles. The van der Waals surface area contributed by atoms with E-state index >= 15 is 0 Å². The van der Waals surface area contributed by atoms with Gasteiger partial charge < -0.3 is 11.1 Å². The molecule has 0 radical (unpaired) electrons. The number of pyridine rings is 1. The highest BCUT2D eigenvalue weighted by Gasteiger charge is 2.14. The first-order valence-electron chi connectivity index (χ1n) is 5.84. The molecule has 1 aromatic heterocycles. The van der Waals surface area contributed by atoms with E-state index in [4.69, 9.17) is 5.73 Å². The highest BCUT2D eigenvalue weighted by molar-refractivity contribution is 9.10. The first kappa shape index (κ1) is 13.5. The van der Waals surface area contributed by atoms with Crippen LogP contribution in [0.5, 0.6) is 0 Å². The first-order chi connectivity index (χ1) is 9.08. The van der Waals surface area contributed by atoms with E-state index in [2.05, 4.69) is 26.2 Å². The SMILES string of the molecule is C[C@@H](NC(=O)c1cc(Br)ccc1N)c1ccccn1. The Labute approximate surface area is 120 Å². The zero-order chi connectivity index (χ0) is 13.8. The number of nitrogens with two attached hydrogens (primary N) is 1. The Balaban J connectivity index is 2.15. The number of hydrogen-bond donors (Lipinski definition) is 2. The lowest BCUT2D eigenvalue weighted by molar-refractivity contribution is 0.0940. The number of halogens is 1. The fourth-order valence-electron chi connectivity index (χ4n) is 1.71. The highest BCUT2D eigenvalue weighted by atomic mass is 79.9. The van der Waals surface area contributed by atoms with Gasteiger partial charge in [0.1, 0.15) is 0 Å². The van der Waals surface area contributed by atoms with Gasteiger partial charge >= 0.3 is 0 Å². The summed E-state index contributed by atoms with van der Waals surface area (Å²) in [6, 6.07) is 10.6. The van der Waals surface area contributed by atoms with Gasteiger partial charge in [-0.2, -0.15) is 0 Å². The molecule has 0 unspecified atom stereocenters. The van der Waals surface area contributed by atoms with Gasteiger partial charge in [0.15, 0.2) is 0 Å². The molecule has 0 spiro atoms. The van der Waals surface area contributed by atoms with E-state index in [0.717, 1.165) is 10.2 Å². The molecular formula is C14H14BrN3O. The van der Waals surface area contributed by atoms with E-state index in [1.807, 2.05) is 25.1 Å². The van der Waals surface area contributed by atoms with E-state index in [-0.39, 0.29) is 11.9 Å². The van der Waals surface area contributed by atoms with Crippen molar-refractivity contribution in [1.29, 1.82) is 0 Å². The van der Waals surface area contributed by atoms with Crippen molar-refractivity contribution < 1.29 is 4.79 Å². The fourth-order valence-corrected chi connectivity index (χ4v) is 2.07. The number of nitrogen functional groups attached to an aromatic ring is 1. The van der Waals surface area contributed by atoms with Crippen LogP contribution < -0.4 is 11.1 Å². The summed E-state index contributed by atoms with van der Waals surface area (Å²) in [4.78, 5) is 16.4. The van der Waals surface area contributed by atoms with Gasteiger partial charge in [-0.25, -0.2) is 0 Å². The number of rotatable bonds is 3. The molecule has 3 N–H and O–H groups in total. The largest absolute Gasteiger partial charge is 0.398 e. The summed E-state index contributed by atoms with van der Waals surface area (Å²) in [6.45, 7) is 1.88. The van der Waals surface area contributed by atoms with Gasteiger partial charge in [0.2, 0.25) is 0 Å². The molecule has 1 amide bonds. The van der Waals surface area contributed by atoms with Crippen LogP contribution in [-0.4, -0.2) is 10.9 Å². The summed E-state index contributed by atoms with van der Waals surface area (Å²) in [7, 11) is 0. The van der Waals surface area contributed by atoms with Gasteiger partial charge in [-0.15, -0.1) is 0 Å². The molecule has 2 aromatic rings. The molecular weight excluding hydrogens is 306 g/mol. The maximum atomic E-state index is 12.2. The Morgan fingerprint density at radius 2 is 2.16 bits per heavy atom. The third-order valence-corrected chi connectivity index (χ3v) is 3.23. The lowest BCUT2D eigenvalue weighted by Gasteiger charge is -2.14. The van der Waals surface area contributed by atoms with Gasteiger partial charge in [0, 0.05) is 16.4 Å². The second kappa shape index (κ2) is 5.84. The van der Waals surface area contributed by atoms with E-state index in [1.165, 1.54) is 0 Å². The van der Waals surface area contributed by atoms with Crippen molar-refractivity contribution in [3.05, 3.63) is 58.3 Å². The first-order valence-corrected chi connectivity index (χ1v) is 6.64. The van der Waals surface area contributed by atoms with Gasteiger partial charge in [-0.05, 0) is 37.3 Å². The van der Waals surface area contributed by atoms with Crippen LogP contribution >= 0.6 is 15.9 Å². The van der Waals surface area contributed by atoms with Crippen LogP contribution in [-0.2, 0) is 0 Å². The lowest BCUT2D eigenvalue weighted by atomic mass is 10.1. The molecule has 0 saturated carbocycles. The number of aromatic nitrogens is 1. The number of benzene rings is 1. The van der Waals surface area contributed by atoms with Crippen molar-refractivity contribution in [2.45, 2.75) is 13.0 Å². The average Bonchev–Trinajstić information content (AvgIpc) is 2.42. The Hall–Kier alpha value is -1.88. The molecule has 19 heavy (non-hydrogen) atoms. The molecule has 4 nitrogen and oxygen atoms in total. The fraction of sp³-hybridized carbons (Fsp3) is 0.143. The lowest BCUT2D eigenvalue weighted by Crippen LogP contribution is -2.27. The third-order valence-electron chi connectivity index (χ3n) is 2.74. The van der Waals surface area contributed by atoms with Crippen LogP contribution in [0.4, 0.5) is 5.69 Å². The zero-order valence-corrected chi connectivity index (χ0v) is 12.0. The molecule has 0 fully saturated rings. The Morgan fingerprint density at radius 3 is 2.84 bits per heavy atom. The molecule has 98 valence electrons. The summed E-state index contributed by atoms with van der Waals surface area (Å²) in [5, 5.41) is 2.88. The number of nitrogens with zero attached hydrogens (tertiary/aromatic N) is 1. The average molecular weight is 320 g/mol. The minimum Gasteiger partial charge on any atom is -0.398 e. The number of anilines is 1. The quantitative estimate of drug-likeness (QED) is 0.855. The minimum atomic E-state index is -0.211. The maximum absolute atomic E-state index is 12.2. The normalized spacial score (nSPS) is 11.9. The maximum Gasteiger partial charge on any atom is 0.253 e. The Bertz CT molecular complexity index is 586. The van der Waals surface area contributed by atoms with Crippen molar-refractivity contribution in [2.24, 2.45) is 0 Å². The smallest absolute Gasteiger partial charge is 0.253 e. The number of amides is 1. The Kier molecular flexibility index (Phi) is 4.16. The van der Waals surface area contributed by atoms with Crippen LogP contribution in [0, 0.1) is 0 Å². The highest BCUT2D eigenvalue weighted by Crippen LogP contribution is 2.19.